The number of aliphatic hydroxyl groups is 1. The standard InChI is InChI=1S/C17H22N2O3S/c1-17(2,3)16-19-13(11-23-16)10-22-14-6-4-5-12(9-14)15(21)18-7-8-20/h4-6,9,11,20H,7-8,10H2,1-3H3,(H,18,21). The molecule has 6 heteroatoms. The molecule has 0 saturated carbocycles. The van der Waals surface area contributed by atoms with E-state index in [2.05, 4.69) is 31.1 Å². The first-order valence-corrected chi connectivity index (χ1v) is 8.35. The first-order valence-electron chi connectivity index (χ1n) is 7.47. The smallest absolute Gasteiger partial charge is 0.251 e. The lowest BCUT2D eigenvalue weighted by Gasteiger charge is -2.13. The summed E-state index contributed by atoms with van der Waals surface area (Å²) in [6, 6.07) is 6.97. The molecule has 5 nitrogen and oxygen atoms in total. The summed E-state index contributed by atoms with van der Waals surface area (Å²) in [5, 5.41) is 14.4. The molecule has 0 aliphatic heterocycles. The third-order valence-electron chi connectivity index (χ3n) is 3.07. The largest absolute Gasteiger partial charge is 0.487 e. The molecular formula is C17H22N2O3S. The van der Waals surface area contributed by atoms with Crippen LogP contribution in [0.5, 0.6) is 5.75 Å². The van der Waals surface area contributed by atoms with Crippen molar-refractivity contribution in [3.8, 4) is 5.75 Å². The van der Waals surface area contributed by atoms with Crippen LogP contribution >= 0.6 is 11.3 Å². The van der Waals surface area contributed by atoms with E-state index in [1.165, 1.54) is 0 Å². The first-order chi connectivity index (χ1) is 10.9. The lowest BCUT2D eigenvalue weighted by Crippen LogP contribution is -2.26. The minimum absolute atomic E-state index is 0.0353. The molecular weight excluding hydrogens is 312 g/mol. The maximum Gasteiger partial charge on any atom is 0.251 e. The van der Waals surface area contributed by atoms with Gasteiger partial charge in [-0.25, -0.2) is 4.98 Å². The van der Waals surface area contributed by atoms with Crippen LogP contribution in [0, 0.1) is 0 Å². The number of rotatable bonds is 6. The zero-order valence-electron chi connectivity index (χ0n) is 13.6. The number of hydrogen-bond acceptors (Lipinski definition) is 5. The third kappa shape index (κ3) is 5.04. The molecule has 2 N–H and O–H groups in total. The third-order valence-corrected chi connectivity index (χ3v) is 4.39. The molecule has 0 atom stereocenters. The van der Waals surface area contributed by atoms with Crippen LogP contribution in [0.1, 0.15) is 41.8 Å². The van der Waals surface area contributed by atoms with Crippen molar-refractivity contribution in [3.05, 3.63) is 45.9 Å². The molecule has 0 radical (unpaired) electrons. The molecule has 0 saturated heterocycles. The Morgan fingerprint density at radius 2 is 2.17 bits per heavy atom. The molecule has 0 bridgehead atoms. The summed E-state index contributed by atoms with van der Waals surface area (Å²) in [6.07, 6.45) is 0. The maximum absolute atomic E-state index is 11.9. The van der Waals surface area contributed by atoms with Crippen molar-refractivity contribution < 1.29 is 14.6 Å². The Labute approximate surface area is 140 Å². The molecule has 1 heterocycles. The monoisotopic (exact) mass is 334 g/mol. The quantitative estimate of drug-likeness (QED) is 0.852. The average Bonchev–Trinajstić information content (AvgIpc) is 3.00. The molecule has 0 aliphatic rings. The molecule has 0 aliphatic carbocycles. The Morgan fingerprint density at radius 3 is 2.83 bits per heavy atom. The van der Waals surface area contributed by atoms with Gasteiger partial charge in [-0.1, -0.05) is 26.8 Å². The van der Waals surface area contributed by atoms with Gasteiger partial charge in [0.15, 0.2) is 0 Å². The van der Waals surface area contributed by atoms with E-state index in [1.54, 1.807) is 35.6 Å². The Kier molecular flexibility index (Phi) is 5.74. The second-order valence-corrected chi connectivity index (χ2v) is 7.05. The van der Waals surface area contributed by atoms with Crippen molar-refractivity contribution in [1.82, 2.24) is 10.3 Å². The number of amides is 1. The summed E-state index contributed by atoms with van der Waals surface area (Å²) in [5.74, 6) is 0.389. The van der Waals surface area contributed by atoms with Crippen LogP contribution < -0.4 is 10.1 Å². The van der Waals surface area contributed by atoms with E-state index in [0.717, 1.165) is 10.7 Å². The van der Waals surface area contributed by atoms with Crippen LogP contribution in [-0.2, 0) is 12.0 Å². The molecule has 124 valence electrons. The molecule has 0 spiro atoms. The van der Waals surface area contributed by atoms with Gasteiger partial charge in [0.1, 0.15) is 12.4 Å². The Hall–Kier alpha value is -1.92. The highest BCUT2D eigenvalue weighted by Gasteiger charge is 2.18. The lowest BCUT2D eigenvalue weighted by molar-refractivity contribution is 0.0944. The van der Waals surface area contributed by atoms with Crippen LogP contribution in [-0.4, -0.2) is 29.1 Å². The number of hydrogen-bond donors (Lipinski definition) is 2. The molecule has 1 amide bonds. The number of aliphatic hydroxyl groups excluding tert-OH is 1. The van der Waals surface area contributed by atoms with Gasteiger partial charge in [-0.3, -0.25) is 4.79 Å². The second kappa shape index (κ2) is 7.57. The highest BCUT2D eigenvalue weighted by Crippen LogP contribution is 2.26. The van der Waals surface area contributed by atoms with Crippen molar-refractivity contribution in [1.29, 1.82) is 0 Å². The molecule has 2 rings (SSSR count). The molecule has 23 heavy (non-hydrogen) atoms. The van der Waals surface area contributed by atoms with E-state index in [0.29, 0.717) is 17.9 Å². The van der Waals surface area contributed by atoms with E-state index >= 15 is 0 Å². The number of carbonyl (C=O) groups is 1. The van der Waals surface area contributed by atoms with E-state index in [9.17, 15) is 4.79 Å². The minimum atomic E-state index is -0.229. The Bertz CT molecular complexity index is 662. The summed E-state index contributed by atoms with van der Waals surface area (Å²) in [5.41, 5.74) is 1.42. The molecule has 1 aromatic carbocycles. The number of aromatic nitrogens is 1. The van der Waals surface area contributed by atoms with Crippen molar-refractivity contribution in [2.75, 3.05) is 13.2 Å². The van der Waals surface area contributed by atoms with E-state index in [4.69, 9.17) is 9.84 Å². The summed E-state index contributed by atoms with van der Waals surface area (Å²) >= 11 is 1.63. The van der Waals surface area contributed by atoms with Gasteiger partial charge in [0.25, 0.3) is 5.91 Å². The van der Waals surface area contributed by atoms with E-state index in [-0.39, 0.29) is 24.5 Å². The first kappa shape index (κ1) is 17.4. The van der Waals surface area contributed by atoms with E-state index < -0.39 is 0 Å². The fourth-order valence-corrected chi connectivity index (χ4v) is 2.77. The zero-order valence-corrected chi connectivity index (χ0v) is 14.4. The number of thiazole rings is 1. The summed E-state index contributed by atoms with van der Waals surface area (Å²) in [6.45, 7) is 6.91. The van der Waals surface area contributed by atoms with Crippen molar-refractivity contribution in [2.24, 2.45) is 0 Å². The zero-order chi connectivity index (χ0) is 16.9. The van der Waals surface area contributed by atoms with Gasteiger partial charge in [-0.15, -0.1) is 11.3 Å². The number of nitrogens with zero attached hydrogens (tertiary/aromatic N) is 1. The highest BCUT2D eigenvalue weighted by atomic mass is 32.1. The molecule has 2 aromatic rings. The van der Waals surface area contributed by atoms with Gasteiger partial charge in [-0.05, 0) is 18.2 Å². The summed E-state index contributed by atoms with van der Waals surface area (Å²) in [4.78, 5) is 16.4. The molecule has 0 unspecified atom stereocenters. The van der Waals surface area contributed by atoms with Crippen molar-refractivity contribution >= 4 is 17.2 Å². The predicted molar refractivity (Wildman–Crippen MR) is 91.0 cm³/mol. The van der Waals surface area contributed by atoms with Crippen molar-refractivity contribution in [3.63, 3.8) is 0 Å². The van der Waals surface area contributed by atoms with Gasteiger partial charge >= 0.3 is 0 Å². The van der Waals surface area contributed by atoms with Gasteiger partial charge < -0.3 is 15.2 Å². The van der Waals surface area contributed by atoms with Crippen LogP contribution in [0.25, 0.3) is 0 Å². The van der Waals surface area contributed by atoms with Gasteiger partial charge in [0.2, 0.25) is 0 Å². The topological polar surface area (TPSA) is 71.5 Å². The lowest BCUT2D eigenvalue weighted by atomic mass is 9.98. The number of nitrogens with one attached hydrogen (secondary N) is 1. The van der Waals surface area contributed by atoms with E-state index in [1.807, 2.05) is 5.38 Å². The fourth-order valence-electron chi connectivity index (χ4n) is 1.87. The van der Waals surface area contributed by atoms with Gasteiger partial charge in [0, 0.05) is 22.9 Å². The SMILES string of the molecule is CC(C)(C)c1nc(COc2cccc(C(=O)NCCO)c2)cs1. The minimum Gasteiger partial charge on any atom is -0.487 e. The predicted octanol–water partition coefficient (Wildman–Crippen LogP) is 2.74. The highest BCUT2D eigenvalue weighted by molar-refractivity contribution is 7.09. The van der Waals surface area contributed by atoms with Gasteiger partial charge in [-0.2, -0.15) is 0 Å². The van der Waals surface area contributed by atoms with Crippen LogP contribution in [0.15, 0.2) is 29.6 Å². The second-order valence-electron chi connectivity index (χ2n) is 6.19. The Morgan fingerprint density at radius 1 is 1.39 bits per heavy atom. The van der Waals surface area contributed by atoms with Gasteiger partial charge in [0.05, 0.1) is 17.3 Å². The molecule has 0 fully saturated rings. The summed E-state index contributed by atoms with van der Waals surface area (Å²) in [7, 11) is 0. The van der Waals surface area contributed by atoms with Crippen LogP contribution in [0.2, 0.25) is 0 Å². The molecule has 1 aromatic heterocycles. The number of ether oxygens (including phenoxy) is 1. The van der Waals surface area contributed by atoms with Crippen LogP contribution in [0.3, 0.4) is 0 Å². The maximum atomic E-state index is 11.9. The van der Waals surface area contributed by atoms with Crippen LogP contribution in [0.4, 0.5) is 0 Å². The average molecular weight is 334 g/mol. The fraction of sp³-hybridized carbons (Fsp3) is 0.412. The number of benzene rings is 1. The Balaban J connectivity index is 1.98. The van der Waals surface area contributed by atoms with Crippen molar-refractivity contribution in [2.45, 2.75) is 32.8 Å². The number of carbonyl (C=O) groups excluding carboxylic acids is 1. The normalized spacial score (nSPS) is 11.3. The summed E-state index contributed by atoms with van der Waals surface area (Å²) < 4.78 is 5.73.